The number of anilines is 1. The highest BCUT2D eigenvalue weighted by molar-refractivity contribution is 5.79. The van der Waals surface area contributed by atoms with Crippen LogP contribution in [0.5, 0.6) is 5.75 Å². The molecule has 5 heteroatoms. The summed E-state index contributed by atoms with van der Waals surface area (Å²) in [6.07, 6.45) is 3.25. The molecular weight excluding hydrogens is 264 g/mol. The molecule has 0 atom stereocenters. The molecule has 1 aliphatic heterocycles. The molecule has 0 radical (unpaired) electrons. The zero-order chi connectivity index (χ0) is 14.2. The minimum atomic E-state index is 0.525. The number of methoxy groups -OCH3 is 1. The van der Waals surface area contributed by atoms with Gasteiger partial charge in [-0.2, -0.15) is 5.10 Å². The highest BCUT2D eigenvalue weighted by atomic mass is 16.5. The van der Waals surface area contributed by atoms with Gasteiger partial charge in [0.15, 0.2) is 5.82 Å². The lowest BCUT2D eigenvalue weighted by Gasteiger charge is -2.23. The highest BCUT2D eigenvalue weighted by Gasteiger charge is 2.26. The van der Waals surface area contributed by atoms with E-state index in [0.717, 1.165) is 49.6 Å². The monoisotopic (exact) mass is 284 g/mol. The highest BCUT2D eigenvalue weighted by Crippen LogP contribution is 2.40. The molecule has 4 rings (SSSR count). The van der Waals surface area contributed by atoms with Crippen LogP contribution in [0.1, 0.15) is 24.0 Å². The largest absolute Gasteiger partial charge is 0.497 e. The number of ether oxygens (including phenoxy) is 1. The number of aromatic amines is 1. The molecule has 3 N–H and O–H groups in total. The van der Waals surface area contributed by atoms with Gasteiger partial charge in [0.1, 0.15) is 5.75 Å². The lowest BCUT2D eigenvalue weighted by atomic mass is 10.1. The van der Waals surface area contributed by atoms with Crippen molar-refractivity contribution < 1.29 is 4.74 Å². The topological polar surface area (TPSA) is 62.0 Å². The van der Waals surface area contributed by atoms with Gasteiger partial charge in [-0.25, -0.2) is 0 Å². The zero-order valence-electron chi connectivity index (χ0n) is 12.2. The fraction of sp³-hybridized carbons (Fsp3) is 0.438. The first kappa shape index (κ1) is 12.7. The Morgan fingerprint density at radius 2 is 2.14 bits per heavy atom. The lowest BCUT2D eigenvalue weighted by molar-refractivity contribution is 0.415. The van der Waals surface area contributed by atoms with Gasteiger partial charge in [0.25, 0.3) is 0 Å². The van der Waals surface area contributed by atoms with Gasteiger partial charge in [-0.05, 0) is 43.6 Å². The van der Waals surface area contributed by atoms with Crippen molar-refractivity contribution in [3.63, 3.8) is 0 Å². The summed E-state index contributed by atoms with van der Waals surface area (Å²) in [6, 6.07) is 6.79. The van der Waals surface area contributed by atoms with E-state index in [4.69, 9.17) is 4.74 Å². The molecule has 1 aromatic heterocycles. The van der Waals surface area contributed by atoms with E-state index in [0.29, 0.717) is 6.04 Å². The number of hydrogen-bond donors (Lipinski definition) is 3. The van der Waals surface area contributed by atoms with Crippen molar-refractivity contribution in [1.82, 2.24) is 15.5 Å². The second kappa shape index (κ2) is 5.07. The number of fused-ring (bicyclic) bond motifs is 3. The van der Waals surface area contributed by atoms with Crippen molar-refractivity contribution in [2.45, 2.75) is 25.3 Å². The molecular formula is C16H20N4O. The Balaban J connectivity index is 1.62. The fourth-order valence-electron chi connectivity index (χ4n) is 3.30. The van der Waals surface area contributed by atoms with Crippen LogP contribution < -0.4 is 15.4 Å². The van der Waals surface area contributed by atoms with E-state index >= 15 is 0 Å². The number of nitrogens with one attached hydrogen (secondary N) is 3. The maximum atomic E-state index is 5.33. The molecule has 2 aliphatic rings. The molecule has 1 saturated heterocycles. The molecule has 5 nitrogen and oxygen atoms in total. The fourth-order valence-corrected chi connectivity index (χ4v) is 3.30. The second-order valence-corrected chi connectivity index (χ2v) is 5.79. The molecule has 21 heavy (non-hydrogen) atoms. The summed E-state index contributed by atoms with van der Waals surface area (Å²) in [4.78, 5) is 0. The smallest absolute Gasteiger partial charge is 0.152 e. The number of rotatable bonds is 3. The summed E-state index contributed by atoms with van der Waals surface area (Å²) in [5.74, 6) is 1.91. The number of piperidine rings is 1. The maximum absolute atomic E-state index is 5.33. The van der Waals surface area contributed by atoms with Crippen molar-refractivity contribution in [3.05, 3.63) is 29.3 Å². The molecule has 2 heterocycles. The summed E-state index contributed by atoms with van der Waals surface area (Å²) in [7, 11) is 1.70. The average Bonchev–Trinajstić information content (AvgIpc) is 3.08. The molecule has 0 saturated carbocycles. The number of nitrogens with zero attached hydrogens (tertiary/aromatic N) is 1. The van der Waals surface area contributed by atoms with Crippen LogP contribution in [0.15, 0.2) is 18.2 Å². The van der Waals surface area contributed by atoms with Gasteiger partial charge < -0.3 is 15.4 Å². The first-order chi connectivity index (χ1) is 10.3. The van der Waals surface area contributed by atoms with E-state index in [9.17, 15) is 0 Å². The lowest BCUT2D eigenvalue weighted by Crippen LogP contribution is -2.35. The van der Waals surface area contributed by atoms with E-state index in [-0.39, 0.29) is 0 Å². The summed E-state index contributed by atoms with van der Waals surface area (Å²) in [5.41, 5.74) is 4.99. The normalized spacial score (nSPS) is 17.4. The molecule has 1 aliphatic carbocycles. The summed E-state index contributed by atoms with van der Waals surface area (Å²) in [5, 5.41) is 14.7. The van der Waals surface area contributed by atoms with Crippen molar-refractivity contribution >= 4 is 5.82 Å². The van der Waals surface area contributed by atoms with Crippen molar-refractivity contribution in [3.8, 4) is 17.0 Å². The van der Waals surface area contributed by atoms with Crippen LogP contribution in [-0.2, 0) is 6.42 Å². The van der Waals surface area contributed by atoms with E-state index in [1.54, 1.807) is 7.11 Å². The van der Waals surface area contributed by atoms with Gasteiger partial charge in [-0.1, -0.05) is 6.07 Å². The molecule has 0 unspecified atom stereocenters. The van der Waals surface area contributed by atoms with Gasteiger partial charge in [0.05, 0.1) is 12.8 Å². The molecule has 0 amide bonds. The van der Waals surface area contributed by atoms with E-state index in [2.05, 4.69) is 33.0 Å². The number of aromatic nitrogens is 2. The molecule has 0 bridgehead atoms. The molecule has 1 fully saturated rings. The predicted molar refractivity (Wildman–Crippen MR) is 82.9 cm³/mol. The average molecular weight is 284 g/mol. The van der Waals surface area contributed by atoms with Gasteiger partial charge >= 0.3 is 0 Å². The molecule has 1 aromatic carbocycles. The van der Waals surface area contributed by atoms with Gasteiger partial charge in [-0.3, -0.25) is 5.10 Å². The van der Waals surface area contributed by atoms with Gasteiger partial charge in [0.2, 0.25) is 0 Å². The Kier molecular flexibility index (Phi) is 3.07. The third-order valence-electron chi connectivity index (χ3n) is 4.50. The standard InChI is InChI=1S/C16H20N4O/c1-21-12-3-2-10-8-14-15(13(10)9-12)19-20-16(14)18-11-4-6-17-7-5-11/h2-3,9,11,17H,4-8H2,1H3,(H2,18,19,20). The Labute approximate surface area is 124 Å². The van der Waals surface area contributed by atoms with E-state index in [1.807, 2.05) is 6.07 Å². The van der Waals surface area contributed by atoms with Gasteiger partial charge in [-0.15, -0.1) is 0 Å². The van der Waals surface area contributed by atoms with Crippen LogP contribution in [0.2, 0.25) is 0 Å². The summed E-state index contributed by atoms with van der Waals surface area (Å²) < 4.78 is 5.33. The van der Waals surface area contributed by atoms with E-state index in [1.165, 1.54) is 16.7 Å². The first-order valence-electron chi connectivity index (χ1n) is 7.57. The first-order valence-corrected chi connectivity index (χ1v) is 7.57. The molecule has 2 aromatic rings. The number of benzene rings is 1. The molecule has 110 valence electrons. The predicted octanol–water partition coefficient (Wildman–Crippen LogP) is 2.15. The summed E-state index contributed by atoms with van der Waals surface area (Å²) >= 11 is 0. The SMILES string of the molecule is COc1ccc2c(c1)-c1[nH]nc(NC3CCNCC3)c1C2. The van der Waals surface area contributed by atoms with E-state index < -0.39 is 0 Å². The van der Waals surface area contributed by atoms with Crippen molar-refractivity contribution in [2.75, 3.05) is 25.5 Å². The minimum Gasteiger partial charge on any atom is -0.497 e. The number of hydrogen-bond acceptors (Lipinski definition) is 4. The Hall–Kier alpha value is -2.01. The van der Waals surface area contributed by atoms with Crippen LogP contribution in [0, 0.1) is 0 Å². The van der Waals surface area contributed by atoms with Gasteiger partial charge in [0, 0.05) is 23.6 Å². The van der Waals surface area contributed by atoms with Crippen molar-refractivity contribution in [1.29, 1.82) is 0 Å². The Morgan fingerprint density at radius 3 is 2.95 bits per heavy atom. The van der Waals surface area contributed by atoms with Crippen molar-refractivity contribution in [2.24, 2.45) is 0 Å². The van der Waals surface area contributed by atoms with Crippen LogP contribution in [-0.4, -0.2) is 36.4 Å². The summed E-state index contributed by atoms with van der Waals surface area (Å²) in [6.45, 7) is 2.17. The minimum absolute atomic E-state index is 0.525. The van der Waals surface area contributed by atoms with Crippen LogP contribution in [0.4, 0.5) is 5.82 Å². The van der Waals surface area contributed by atoms with Crippen LogP contribution in [0.25, 0.3) is 11.3 Å². The Bertz CT molecular complexity index is 658. The third kappa shape index (κ3) is 2.17. The quantitative estimate of drug-likeness (QED) is 0.689. The zero-order valence-corrected chi connectivity index (χ0v) is 12.2. The van der Waals surface area contributed by atoms with Crippen LogP contribution in [0.3, 0.4) is 0 Å². The maximum Gasteiger partial charge on any atom is 0.152 e. The molecule has 0 spiro atoms. The second-order valence-electron chi connectivity index (χ2n) is 5.79. The van der Waals surface area contributed by atoms with Crippen LogP contribution >= 0.6 is 0 Å². The number of H-pyrrole nitrogens is 1. The Morgan fingerprint density at radius 1 is 1.29 bits per heavy atom. The third-order valence-corrected chi connectivity index (χ3v) is 4.50.